The molecule has 4 N–H and O–H groups in total. The van der Waals surface area contributed by atoms with Gasteiger partial charge in [0.2, 0.25) is 0 Å². The van der Waals surface area contributed by atoms with Gasteiger partial charge in [0, 0.05) is 51.9 Å². The number of hydrogen-bond acceptors (Lipinski definition) is 4. The van der Waals surface area contributed by atoms with E-state index in [1.54, 1.807) is 6.20 Å². The SMILES string of the molecule is N=C(c1ccnc(C2CC2)c1)c1cc2cc(C(=O)Cc3ccccc3)[nH]c2cc1N. The minimum Gasteiger partial charge on any atom is -0.398 e. The van der Waals surface area contributed by atoms with Gasteiger partial charge in [-0.1, -0.05) is 30.3 Å². The molecule has 0 amide bonds. The fourth-order valence-electron chi connectivity index (χ4n) is 3.80. The van der Waals surface area contributed by atoms with Crippen molar-refractivity contribution in [1.29, 1.82) is 5.41 Å². The molecule has 4 aromatic rings. The maximum Gasteiger partial charge on any atom is 0.183 e. The van der Waals surface area contributed by atoms with E-state index in [9.17, 15) is 4.79 Å². The predicted molar refractivity (Wildman–Crippen MR) is 119 cm³/mol. The molecule has 0 bridgehead atoms. The van der Waals surface area contributed by atoms with E-state index >= 15 is 0 Å². The number of nitrogens with one attached hydrogen (secondary N) is 2. The average Bonchev–Trinajstić information content (AvgIpc) is 3.53. The van der Waals surface area contributed by atoms with Crippen LogP contribution in [0.3, 0.4) is 0 Å². The lowest BCUT2D eigenvalue weighted by molar-refractivity contribution is 0.0989. The molecule has 5 heteroatoms. The lowest BCUT2D eigenvalue weighted by Crippen LogP contribution is -2.06. The van der Waals surface area contributed by atoms with Crippen LogP contribution < -0.4 is 5.73 Å². The number of aromatic amines is 1. The molecule has 0 aliphatic heterocycles. The molecular weight excluding hydrogens is 372 g/mol. The number of aromatic nitrogens is 2. The molecule has 1 aliphatic carbocycles. The van der Waals surface area contributed by atoms with Crippen molar-refractivity contribution in [3.05, 3.63) is 94.9 Å². The van der Waals surface area contributed by atoms with E-state index in [2.05, 4.69) is 9.97 Å². The normalized spacial score (nSPS) is 13.5. The van der Waals surface area contributed by atoms with Crippen LogP contribution in [-0.2, 0) is 6.42 Å². The summed E-state index contributed by atoms with van der Waals surface area (Å²) in [6, 6.07) is 19.1. The molecular formula is C25H22N4O. The quantitative estimate of drug-likeness (QED) is 0.247. The molecule has 30 heavy (non-hydrogen) atoms. The van der Waals surface area contributed by atoms with Crippen LogP contribution in [0.1, 0.15) is 51.6 Å². The van der Waals surface area contributed by atoms with Crippen LogP contribution in [0.2, 0.25) is 0 Å². The Hall–Kier alpha value is -3.73. The summed E-state index contributed by atoms with van der Waals surface area (Å²) in [6.45, 7) is 0. The molecule has 148 valence electrons. The maximum absolute atomic E-state index is 12.7. The Balaban J connectivity index is 1.45. The zero-order valence-corrected chi connectivity index (χ0v) is 16.5. The van der Waals surface area contributed by atoms with Crippen molar-refractivity contribution in [1.82, 2.24) is 9.97 Å². The van der Waals surface area contributed by atoms with E-state index in [1.807, 2.05) is 60.7 Å². The predicted octanol–water partition coefficient (Wildman–Crippen LogP) is 4.86. The third kappa shape index (κ3) is 3.50. The lowest BCUT2D eigenvalue weighted by Gasteiger charge is -2.09. The fourth-order valence-corrected chi connectivity index (χ4v) is 3.80. The van der Waals surface area contributed by atoms with Gasteiger partial charge >= 0.3 is 0 Å². The number of anilines is 1. The molecule has 0 spiro atoms. The Labute approximate surface area is 174 Å². The first-order valence-electron chi connectivity index (χ1n) is 10.1. The first-order chi connectivity index (χ1) is 14.6. The number of benzene rings is 2. The number of nitrogens with zero attached hydrogens (tertiary/aromatic N) is 1. The van der Waals surface area contributed by atoms with E-state index in [4.69, 9.17) is 11.1 Å². The van der Waals surface area contributed by atoms with E-state index in [0.717, 1.165) is 27.7 Å². The highest BCUT2D eigenvalue weighted by molar-refractivity contribution is 6.16. The molecule has 0 unspecified atom stereocenters. The van der Waals surface area contributed by atoms with Crippen LogP contribution in [0.4, 0.5) is 5.69 Å². The average molecular weight is 394 g/mol. The van der Waals surface area contributed by atoms with Crippen LogP contribution in [0.15, 0.2) is 66.9 Å². The third-order valence-electron chi connectivity index (χ3n) is 5.63. The van der Waals surface area contributed by atoms with Crippen molar-refractivity contribution in [3.8, 4) is 0 Å². The Bertz CT molecular complexity index is 1270. The summed E-state index contributed by atoms with van der Waals surface area (Å²) >= 11 is 0. The lowest BCUT2D eigenvalue weighted by atomic mass is 9.99. The van der Waals surface area contributed by atoms with Crippen LogP contribution in [-0.4, -0.2) is 21.5 Å². The monoisotopic (exact) mass is 394 g/mol. The van der Waals surface area contributed by atoms with Gasteiger partial charge in [-0.15, -0.1) is 0 Å². The largest absolute Gasteiger partial charge is 0.398 e. The maximum atomic E-state index is 12.7. The summed E-state index contributed by atoms with van der Waals surface area (Å²) in [5.41, 5.74) is 12.0. The van der Waals surface area contributed by atoms with Crippen molar-refractivity contribution in [2.75, 3.05) is 5.73 Å². The van der Waals surface area contributed by atoms with E-state index in [0.29, 0.717) is 35.0 Å². The Morgan fingerprint density at radius 2 is 1.90 bits per heavy atom. The Morgan fingerprint density at radius 1 is 1.10 bits per heavy atom. The van der Waals surface area contributed by atoms with Gasteiger partial charge in [0.1, 0.15) is 0 Å². The molecule has 0 saturated heterocycles. The number of hydrogen-bond donors (Lipinski definition) is 3. The number of nitrogens with two attached hydrogens (primary N) is 1. The number of carbonyl (C=O) groups is 1. The number of pyridine rings is 1. The van der Waals surface area contributed by atoms with Crippen molar-refractivity contribution in [2.24, 2.45) is 0 Å². The number of Topliss-reactive ketones (excluding diaryl/α,β-unsaturated/α-hetero) is 1. The number of fused-ring (bicyclic) bond motifs is 1. The van der Waals surface area contributed by atoms with Crippen molar-refractivity contribution < 1.29 is 4.79 Å². The second kappa shape index (κ2) is 7.26. The highest BCUT2D eigenvalue weighted by atomic mass is 16.1. The molecule has 2 aromatic heterocycles. The van der Waals surface area contributed by atoms with Crippen LogP contribution in [0.5, 0.6) is 0 Å². The molecule has 5 rings (SSSR count). The van der Waals surface area contributed by atoms with Gasteiger partial charge in [-0.3, -0.25) is 15.2 Å². The van der Waals surface area contributed by atoms with Crippen molar-refractivity contribution in [2.45, 2.75) is 25.2 Å². The Morgan fingerprint density at radius 3 is 2.67 bits per heavy atom. The number of H-pyrrole nitrogens is 1. The number of nitrogen functional groups attached to an aromatic ring is 1. The topological polar surface area (TPSA) is 95.6 Å². The summed E-state index contributed by atoms with van der Waals surface area (Å²) in [5, 5.41) is 9.57. The fraction of sp³-hybridized carbons (Fsp3) is 0.160. The summed E-state index contributed by atoms with van der Waals surface area (Å²) < 4.78 is 0. The second-order valence-electron chi connectivity index (χ2n) is 7.91. The first-order valence-corrected chi connectivity index (χ1v) is 10.1. The summed E-state index contributed by atoms with van der Waals surface area (Å²) in [7, 11) is 0. The van der Waals surface area contributed by atoms with Gasteiger partial charge in [-0.05, 0) is 48.7 Å². The molecule has 1 aliphatic rings. The van der Waals surface area contributed by atoms with Crippen molar-refractivity contribution in [3.63, 3.8) is 0 Å². The molecule has 0 atom stereocenters. The number of carbonyl (C=O) groups excluding carboxylic acids is 1. The summed E-state index contributed by atoms with van der Waals surface area (Å²) in [5.74, 6) is 0.552. The Kier molecular flexibility index (Phi) is 4.43. The van der Waals surface area contributed by atoms with Gasteiger partial charge in [0.15, 0.2) is 5.78 Å². The van der Waals surface area contributed by atoms with Crippen LogP contribution >= 0.6 is 0 Å². The third-order valence-corrected chi connectivity index (χ3v) is 5.63. The smallest absolute Gasteiger partial charge is 0.183 e. The molecule has 2 aromatic carbocycles. The van der Waals surface area contributed by atoms with Crippen LogP contribution in [0.25, 0.3) is 10.9 Å². The molecule has 2 heterocycles. The highest BCUT2D eigenvalue weighted by Crippen LogP contribution is 2.39. The van der Waals surface area contributed by atoms with Crippen LogP contribution in [0, 0.1) is 5.41 Å². The minimum absolute atomic E-state index is 0.0239. The summed E-state index contributed by atoms with van der Waals surface area (Å²) in [4.78, 5) is 20.3. The van der Waals surface area contributed by atoms with Gasteiger partial charge in [0.05, 0.1) is 11.4 Å². The van der Waals surface area contributed by atoms with Gasteiger partial charge in [-0.25, -0.2) is 0 Å². The zero-order valence-electron chi connectivity index (χ0n) is 16.5. The van der Waals surface area contributed by atoms with E-state index < -0.39 is 0 Å². The van der Waals surface area contributed by atoms with Gasteiger partial charge < -0.3 is 10.7 Å². The molecule has 1 saturated carbocycles. The highest BCUT2D eigenvalue weighted by Gasteiger charge is 2.25. The molecule has 5 nitrogen and oxygen atoms in total. The van der Waals surface area contributed by atoms with Crippen molar-refractivity contribution >= 4 is 28.1 Å². The number of ketones is 1. The molecule has 1 fully saturated rings. The molecule has 0 radical (unpaired) electrons. The van der Waals surface area contributed by atoms with Gasteiger partial charge in [-0.2, -0.15) is 0 Å². The number of rotatable bonds is 6. The minimum atomic E-state index is 0.0239. The second-order valence-corrected chi connectivity index (χ2v) is 7.91. The first kappa shape index (κ1) is 18.3. The summed E-state index contributed by atoms with van der Waals surface area (Å²) in [6.07, 6.45) is 4.44. The van der Waals surface area contributed by atoms with E-state index in [-0.39, 0.29) is 5.78 Å². The van der Waals surface area contributed by atoms with Gasteiger partial charge in [0.25, 0.3) is 0 Å². The standard InChI is InChI=1S/C25H22N4O/c26-20-14-22-18(13-23(29-22)24(30)10-15-4-2-1-3-5-15)11-19(20)25(27)17-8-9-28-21(12-17)16-6-7-16/h1-5,8-9,11-14,16,27,29H,6-7,10,26H2. The zero-order chi connectivity index (χ0) is 20.7. The van der Waals surface area contributed by atoms with E-state index in [1.165, 1.54) is 12.8 Å².